The third-order valence-electron chi connectivity index (χ3n) is 3.23. The highest BCUT2D eigenvalue weighted by molar-refractivity contribution is 5.87. The number of hydrogen-bond acceptors (Lipinski definition) is 7. The van der Waals surface area contributed by atoms with Gasteiger partial charge < -0.3 is 15.1 Å². The number of fused-ring (bicyclic) bond motifs is 3. The van der Waals surface area contributed by atoms with Crippen LogP contribution in [0.4, 0.5) is 5.95 Å². The summed E-state index contributed by atoms with van der Waals surface area (Å²) in [4.78, 5) is 27.9. The van der Waals surface area contributed by atoms with E-state index in [4.69, 9.17) is 5.73 Å². The average Bonchev–Trinajstić information content (AvgIpc) is 3.14. The highest BCUT2D eigenvalue weighted by atomic mass is 16.1. The molecule has 0 unspecified atom stereocenters. The molecule has 0 aliphatic rings. The summed E-state index contributed by atoms with van der Waals surface area (Å²) in [7, 11) is 0. The Balaban J connectivity index is 2.01. The van der Waals surface area contributed by atoms with Crippen molar-refractivity contribution in [1.29, 1.82) is 0 Å². The molecule has 4 aromatic rings. The zero-order valence-corrected chi connectivity index (χ0v) is 11.3. The van der Waals surface area contributed by atoms with Crippen LogP contribution in [0, 0.1) is 0 Å². The number of nitrogen functional groups attached to an aromatic ring is 1. The Kier molecular flexibility index (Phi) is 2.58. The second-order valence-corrected chi connectivity index (χ2v) is 4.59. The van der Waals surface area contributed by atoms with Crippen LogP contribution in [0.15, 0.2) is 30.7 Å². The molecule has 9 nitrogen and oxygen atoms in total. The van der Waals surface area contributed by atoms with E-state index in [1.165, 1.54) is 10.8 Å². The van der Waals surface area contributed by atoms with E-state index in [0.29, 0.717) is 28.3 Å². The predicted octanol–water partition coefficient (Wildman–Crippen LogP) is 0.317. The number of aldehydes is 1. The van der Waals surface area contributed by atoms with Crippen LogP contribution in [-0.2, 0) is 11.3 Å². The molecule has 0 saturated heterocycles. The minimum atomic E-state index is 0.153. The molecule has 0 atom stereocenters. The van der Waals surface area contributed by atoms with E-state index < -0.39 is 0 Å². The molecule has 0 radical (unpaired) electrons. The van der Waals surface area contributed by atoms with E-state index in [-0.39, 0.29) is 12.5 Å². The second kappa shape index (κ2) is 4.58. The van der Waals surface area contributed by atoms with Gasteiger partial charge in [-0.25, -0.2) is 9.97 Å². The van der Waals surface area contributed by atoms with Crippen molar-refractivity contribution in [1.82, 2.24) is 34.1 Å². The molecule has 0 aliphatic carbocycles. The Morgan fingerprint density at radius 1 is 1.18 bits per heavy atom. The molecule has 22 heavy (non-hydrogen) atoms. The van der Waals surface area contributed by atoms with Crippen LogP contribution in [0.3, 0.4) is 0 Å². The van der Waals surface area contributed by atoms with Gasteiger partial charge in [-0.15, -0.1) is 5.10 Å². The van der Waals surface area contributed by atoms with Gasteiger partial charge in [0.25, 0.3) is 0 Å². The Labute approximate surface area is 123 Å². The minimum absolute atomic E-state index is 0.153. The van der Waals surface area contributed by atoms with Crippen molar-refractivity contribution in [2.24, 2.45) is 0 Å². The lowest BCUT2D eigenvalue weighted by Crippen LogP contribution is -2.05. The first-order chi connectivity index (χ1) is 10.8. The van der Waals surface area contributed by atoms with Crippen molar-refractivity contribution < 1.29 is 4.79 Å². The van der Waals surface area contributed by atoms with E-state index in [1.807, 2.05) is 12.1 Å². The van der Waals surface area contributed by atoms with Crippen LogP contribution in [0.5, 0.6) is 0 Å². The normalized spacial score (nSPS) is 11.3. The van der Waals surface area contributed by atoms with Crippen molar-refractivity contribution in [3.63, 3.8) is 0 Å². The first-order valence-electron chi connectivity index (χ1n) is 6.50. The molecule has 0 bridgehead atoms. The highest BCUT2D eigenvalue weighted by Crippen LogP contribution is 2.21. The molecule has 108 valence electrons. The molecular weight excluding hydrogens is 284 g/mol. The summed E-state index contributed by atoms with van der Waals surface area (Å²) in [6, 6.07) is 5.47. The van der Waals surface area contributed by atoms with Gasteiger partial charge in [-0.2, -0.15) is 9.50 Å². The largest absolute Gasteiger partial charge is 0.368 e. The Morgan fingerprint density at radius 2 is 2.09 bits per heavy atom. The third-order valence-corrected chi connectivity index (χ3v) is 3.23. The molecule has 0 fully saturated rings. The zero-order valence-electron chi connectivity index (χ0n) is 11.3. The van der Waals surface area contributed by atoms with Gasteiger partial charge in [-0.1, -0.05) is 6.07 Å². The fraction of sp³-hybridized carbons (Fsp3) is 0.0769. The lowest BCUT2D eigenvalue weighted by molar-refractivity contribution is -0.108. The first-order valence-corrected chi connectivity index (χ1v) is 6.50. The molecular formula is C13H10N8O. The van der Waals surface area contributed by atoms with Crippen molar-refractivity contribution in [3.05, 3.63) is 30.7 Å². The van der Waals surface area contributed by atoms with Gasteiger partial charge in [0.05, 0.1) is 12.9 Å². The van der Waals surface area contributed by atoms with E-state index in [9.17, 15) is 4.79 Å². The van der Waals surface area contributed by atoms with Gasteiger partial charge in [0.2, 0.25) is 11.8 Å². The lowest BCUT2D eigenvalue weighted by atomic mass is 10.3. The van der Waals surface area contributed by atoms with Crippen LogP contribution < -0.4 is 5.73 Å². The number of rotatable bonds is 3. The van der Waals surface area contributed by atoms with Crippen LogP contribution >= 0.6 is 0 Å². The van der Waals surface area contributed by atoms with E-state index in [0.717, 1.165) is 6.29 Å². The first kappa shape index (κ1) is 12.4. The number of carbonyl (C=O) groups excluding carboxylic acids is 1. The van der Waals surface area contributed by atoms with E-state index in [1.54, 1.807) is 16.8 Å². The molecule has 2 N–H and O–H groups in total. The summed E-state index contributed by atoms with van der Waals surface area (Å²) in [6.07, 6.45) is 3.96. The number of aromatic nitrogens is 7. The summed E-state index contributed by atoms with van der Waals surface area (Å²) in [5.74, 6) is 0.608. The van der Waals surface area contributed by atoms with Crippen LogP contribution in [-0.4, -0.2) is 40.4 Å². The van der Waals surface area contributed by atoms with E-state index in [2.05, 4.69) is 25.0 Å². The summed E-state index contributed by atoms with van der Waals surface area (Å²) < 4.78 is 3.03. The minimum Gasteiger partial charge on any atom is -0.368 e. The van der Waals surface area contributed by atoms with Gasteiger partial charge in [-0.3, -0.25) is 4.98 Å². The van der Waals surface area contributed by atoms with Gasteiger partial charge in [0, 0.05) is 6.20 Å². The van der Waals surface area contributed by atoms with Gasteiger partial charge in [0.1, 0.15) is 12.0 Å². The number of imidazole rings is 1. The lowest BCUT2D eigenvalue weighted by Gasteiger charge is -2.00. The zero-order chi connectivity index (χ0) is 15.1. The van der Waals surface area contributed by atoms with E-state index >= 15 is 0 Å². The van der Waals surface area contributed by atoms with Crippen LogP contribution in [0.1, 0.15) is 0 Å². The Morgan fingerprint density at radius 3 is 2.86 bits per heavy atom. The molecule has 0 aromatic carbocycles. The molecule has 0 amide bonds. The second-order valence-electron chi connectivity index (χ2n) is 4.59. The maximum atomic E-state index is 10.7. The summed E-state index contributed by atoms with van der Waals surface area (Å²) in [5.41, 5.74) is 8.08. The van der Waals surface area contributed by atoms with Gasteiger partial charge in [-0.05, 0) is 12.1 Å². The smallest absolute Gasteiger partial charge is 0.225 e. The quantitative estimate of drug-likeness (QED) is 0.540. The van der Waals surface area contributed by atoms with Crippen molar-refractivity contribution >= 4 is 29.0 Å². The van der Waals surface area contributed by atoms with Crippen LogP contribution in [0.25, 0.3) is 28.3 Å². The summed E-state index contributed by atoms with van der Waals surface area (Å²) in [5, 5.41) is 4.32. The molecule has 4 rings (SSSR count). The summed E-state index contributed by atoms with van der Waals surface area (Å²) in [6.45, 7) is 0.153. The Bertz CT molecular complexity index is 988. The maximum Gasteiger partial charge on any atom is 0.225 e. The number of anilines is 1. The number of nitrogens with two attached hydrogens (primary N) is 1. The van der Waals surface area contributed by atoms with Crippen molar-refractivity contribution in [2.75, 3.05) is 5.73 Å². The predicted molar refractivity (Wildman–Crippen MR) is 77.8 cm³/mol. The molecule has 4 aromatic heterocycles. The van der Waals surface area contributed by atoms with Gasteiger partial charge in [0.15, 0.2) is 16.8 Å². The molecule has 0 aliphatic heterocycles. The monoisotopic (exact) mass is 294 g/mol. The Hall–Kier alpha value is -3.36. The number of carbonyl (C=O) groups is 1. The third kappa shape index (κ3) is 1.72. The number of pyridine rings is 1. The molecule has 0 spiro atoms. The molecule has 4 heterocycles. The fourth-order valence-electron chi connectivity index (χ4n) is 2.25. The van der Waals surface area contributed by atoms with Crippen molar-refractivity contribution in [2.45, 2.75) is 6.54 Å². The topological polar surface area (TPSA) is 117 Å². The maximum absolute atomic E-state index is 10.7. The average molecular weight is 294 g/mol. The standard InChI is InChI=1S/C13H10N8O/c14-13-18-11-9(16-7-20(11)5-6-22)12-17-10(19-21(12)13)8-3-1-2-4-15-8/h1-4,6-7H,5H2,(H2,14,18). The van der Waals surface area contributed by atoms with Crippen molar-refractivity contribution in [3.8, 4) is 11.5 Å². The van der Waals surface area contributed by atoms with Crippen LogP contribution in [0.2, 0.25) is 0 Å². The SMILES string of the molecule is Nc1nc2c(ncn2CC=O)c2nc(-c3ccccn3)nn12. The molecule has 0 saturated carbocycles. The van der Waals surface area contributed by atoms with Gasteiger partial charge >= 0.3 is 0 Å². The highest BCUT2D eigenvalue weighted by Gasteiger charge is 2.16. The molecule has 9 heteroatoms. The number of hydrogen-bond donors (Lipinski definition) is 1. The summed E-state index contributed by atoms with van der Waals surface area (Å²) >= 11 is 0. The number of nitrogens with zero attached hydrogens (tertiary/aromatic N) is 7. The fourth-order valence-corrected chi connectivity index (χ4v) is 2.25.